The lowest BCUT2D eigenvalue weighted by molar-refractivity contribution is -0.144. The summed E-state index contributed by atoms with van der Waals surface area (Å²) in [7, 11) is 1.56. The van der Waals surface area contributed by atoms with E-state index < -0.39 is 5.97 Å². The van der Waals surface area contributed by atoms with Crippen LogP contribution in [-0.2, 0) is 14.3 Å². The minimum absolute atomic E-state index is 0.0697. The number of ether oxygens (including phenoxy) is 2. The summed E-state index contributed by atoms with van der Waals surface area (Å²) in [5, 5.41) is 2.72. The number of benzene rings is 1. The summed E-state index contributed by atoms with van der Waals surface area (Å²) < 4.78 is 10.0. The average Bonchev–Trinajstić information content (AvgIpc) is 2.50. The van der Waals surface area contributed by atoms with Gasteiger partial charge in [0, 0.05) is 17.7 Å². The number of esters is 1. The van der Waals surface area contributed by atoms with Crippen LogP contribution in [0.4, 0.5) is 0 Å². The number of carbonyl (C=O) groups is 2. The summed E-state index contributed by atoms with van der Waals surface area (Å²) in [5.41, 5.74) is 0.765. The molecule has 0 aliphatic heterocycles. The van der Waals surface area contributed by atoms with Crippen LogP contribution in [0.3, 0.4) is 0 Å². The lowest BCUT2D eigenvalue weighted by Gasteiger charge is -2.10. The highest BCUT2D eigenvalue weighted by molar-refractivity contribution is 5.89. The highest BCUT2D eigenvalue weighted by atomic mass is 16.5. The predicted molar refractivity (Wildman–Crippen MR) is 80.9 cm³/mol. The van der Waals surface area contributed by atoms with Crippen molar-refractivity contribution in [1.82, 2.24) is 5.32 Å². The van der Waals surface area contributed by atoms with Crippen LogP contribution in [0.25, 0.3) is 6.08 Å². The first-order valence-electron chi connectivity index (χ1n) is 6.84. The van der Waals surface area contributed by atoms with Gasteiger partial charge in [0.1, 0.15) is 5.75 Å². The first kappa shape index (κ1) is 16.8. The Morgan fingerprint density at radius 2 is 2.05 bits per heavy atom. The molecule has 1 aromatic rings. The number of nitrogens with one attached hydrogen (secondary N) is 1. The van der Waals surface area contributed by atoms with Crippen LogP contribution in [0.1, 0.15) is 25.8 Å². The smallest absolute Gasteiger partial charge is 0.331 e. The van der Waals surface area contributed by atoms with E-state index in [2.05, 4.69) is 5.32 Å². The van der Waals surface area contributed by atoms with Gasteiger partial charge in [0.2, 0.25) is 0 Å². The Balaban J connectivity index is 2.46. The van der Waals surface area contributed by atoms with E-state index in [9.17, 15) is 9.59 Å². The molecule has 0 radical (unpaired) electrons. The Labute approximate surface area is 124 Å². The molecule has 1 aromatic carbocycles. The van der Waals surface area contributed by atoms with Gasteiger partial charge in [-0.05, 0) is 25.5 Å². The van der Waals surface area contributed by atoms with E-state index in [1.165, 1.54) is 6.08 Å². The Morgan fingerprint density at radius 3 is 2.71 bits per heavy atom. The molecule has 1 atom stereocenters. The lowest BCUT2D eigenvalue weighted by atomic mass is 10.2. The molecule has 0 saturated carbocycles. The largest absolute Gasteiger partial charge is 0.496 e. The quantitative estimate of drug-likeness (QED) is 0.617. The van der Waals surface area contributed by atoms with Crippen molar-refractivity contribution >= 4 is 18.0 Å². The normalized spacial score (nSPS) is 12.0. The Bertz CT molecular complexity index is 511. The second-order valence-electron chi connectivity index (χ2n) is 4.56. The summed E-state index contributed by atoms with van der Waals surface area (Å²) in [6, 6.07) is 7.37. The van der Waals surface area contributed by atoms with Crippen molar-refractivity contribution in [3.63, 3.8) is 0 Å². The van der Waals surface area contributed by atoms with Gasteiger partial charge in [0.05, 0.1) is 7.11 Å². The molecular weight excluding hydrogens is 270 g/mol. The summed E-state index contributed by atoms with van der Waals surface area (Å²) in [4.78, 5) is 23.0. The molecule has 5 nitrogen and oxygen atoms in total. The van der Waals surface area contributed by atoms with Crippen molar-refractivity contribution in [2.75, 3.05) is 13.7 Å². The van der Waals surface area contributed by atoms with Crippen LogP contribution in [0.5, 0.6) is 5.75 Å². The van der Waals surface area contributed by atoms with E-state index in [1.807, 2.05) is 32.0 Å². The number of hydrogen-bond acceptors (Lipinski definition) is 4. The Morgan fingerprint density at radius 1 is 1.33 bits per heavy atom. The summed E-state index contributed by atoms with van der Waals surface area (Å²) in [6.07, 6.45) is 3.69. The second-order valence-corrected chi connectivity index (χ2v) is 4.56. The van der Waals surface area contributed by atoms with Crippen LogP contribution in [0.2, 0.25) is 0 Å². The van der Waals surface area contributed by atoms with Crippen molar-refractivity contribution in [2.45, 2.75) is 26.3 Å². The molecule has 0 aliphatic rings. The molecule has 1 amide bonds. The topological polar surface area (TPSA) is 64.6 Å². The van der Waals surface area contributed by atoms with Crippen LogP contribution in [0, 0.1) is 0 Å². The zero-order valence-corrected chi connectivity index (χ0v) is 12.6. The fourth-order valence-electron chi connectivity index (χ4n) is 1.57. The van der Waals surface area contributed by atoms with Gasteiger partial charge in [0.15, 0.2) is 6.61 Å². The number of carbonyl (C=O) groups excluding carboxylic acids is 2. The third-order valence-corrected chi connectivity index (χ3v) is 2.90. The highest BCUT2D eigenvalue weighted by Gasteiger charge is 2.07. The summed E-state index contributed by atoms with van der Waals surface area (Å²) >= 11 is 0. The van der Waals surface area contributed by atoms with Gasteiger partial charge < -0.3 is 14.8 Å². The van der Waals surface area contributed by atoms with Gasteiger partial charge in [-0.3, -0.25) is 4.79 Å². The third kappa shape index (κ3) is 6.12. The predicted octanol–water partition coefficient (Wildman–Crippen LogP) is 2.17. The maximum atomic E-state index is 11.5. The van der Waals surface area contributed by atoms with E-state index >= 15 is 0 Å². The molecule has 0 aliphatic carbocycles. The van der Waals surface area contributed by atoms with E-state index in [-0.39, 0.29) is 18.6 Å². The molecule has 0 spiro atoms. The SMILES string of the molecule is CCC(C)NC(=O)COC(=O)/C=C/c1ccccc1OC. The van der Waals surface area contributed by atoms with Crippen molar-refractivity contribution < 1.29 is 19.1 Å². The zero-order valence-electron chi connectivity index (χ0n) is 12.6. The van der Waals surface area contributed by atoms with Gasteiger partial charge in [-0.25, -0.2) is 4.79 Å². The molecule has 0 saturated heterocycles. The fourth-order valence-corrected chi connectivity index (χ4v) is 1.57. The zero-order chi connectivity index (χ0) is 15.7. The number of amides is 1. The Kier molecular flexibility index (Phi) is 7.01. The first-order valence-corrected chi connectivity index (χ1v) is 6.84. The van der Waals surface area contributed by atoms with Gasteiger partial charge in [-0.2, -0.15) is 0 Å². The van der Waals surface area contributed by atoms with E-state index in [4.69, 9.17) is 9.47 Å². The van der Waals surface area contributed by atoms with Gasteiger partial charge >= 0.3 is 5.97 Å². The standard InChI is InChI=1S/C16H21NO4/c1-4-12(2)17-15(18)11-21-16(19)10-9-13-7-5-6-8-14(13)20-3/h5-10,12H,4,11H2,1-3H3,(H,17,18)/b10-9+. The summed E-state index contributed by atoms with van der Waals surface area (Å²) in [5.74, 6) is -0.209. The average molecular weight is 291 g/mol. The maximum Gasteiger partial charge on any atom is 0.331 e. The van der Waals surface area contributed by atoms with Crippen LogP contribution in [0.15, 0.2) is 30.3 Å². The first-order chi connectivity index (χ1) is 10.1. The minimum Gasteiger partial charge on any atom is -0.496 e. The van der Waals surface area contributed by atoms with E-state index in [1.54, 1.807) is 19.3 Å². The molecule has 1 rings (SSSR count). The van der Waals surface area contributed by atoms with Crippen LogP contribution < -0.4 is 10.1 Å². The van der Waals surface area contributed by atoms with Crippen LogP contribution in [-0.4, -0.2) is 31.6 Å². The molecule has 0 heterocycles. The van der Waals surface area contributed by atoms with E-state index in [0.717, 1.165) is 12.0 Å². The Hall–Kier alpha value is -2.30. The molecule has 0 bridgehead atoms. The van der Waals surface area contributed by atoms with Crippen molar-refractivity contribution in [3.8, 4) is 5.75 Å². The van der Waals surface area contributed by atoms with E-state index in [0.29, 0.717) is 5.75 Å². The molecule has 114 valence electrons. The monoisotopic (exact) mass is 291 g/mol. The van der Waals surface area contributed by atoms with Crippen LogP contribution >= 0.6 is 0 Å². The van der Waals surface area contributed by atoms with Crippen molar-refractivity contribution in [1.29, 1.82) is 0 Å². The molecule has 21 heavy (non-hydrogen) atoms. The second kappa shape index (κ2) is 8.79. The number of rotatable bonds is 7. The van der Waals surface area contributed by atoms with Gasteiger partial charge in [-0.15, -0.1) is 0 Å². The van der Waals surface area contributed by atoms with Crippen molar-refractivity contribution in [3.05, 3.63) is 35.9 Å². The van der Waals surface area contributed by atoms with Crippen molar-refractivity contribution in [2.24, 2.45) is 0 Å². The number of methoxy groups -OCH3 is 1. The fraction of sp³-hybridized carbons (Fsp3) is 0.375. The molecule has 1 unspecified atom stereocenters. The highest BCUT2D eigenvalue weighted by Crippen LogP contribution is 2.18. The molecule has 0 fully saturated rings. The molecule has 0 aromatic heterocycles. The maximum absolute atomic E-state index is 11.5. The van der Waals surface area contributed by atoms with Gasteiger partial charge in [-0.1, -0.05) is 25.1 Å². The lowest BCUT2D eigenvalue weighted by Crippen LogP contribution is -2.35. The number of hydrogen-bond donors (Lipinski definition) is 1. The van der Waals surface area contributed by atoms with Gasteiger partial charge in [0.25, 0.3) is 5.91 Å². The molecule has 5 heteroatoms. The third-order valence-electron chi connectivity index (χ3n) is 2.90. The molecule has 1 N–H and O–H groups in total. The molecular formula is C16H21NO4. The summed E-state index contributed by atoms with van der Waals surface area (Å²) in [6.45, 7) is 3.58. The number of para-hydroxylation sites is 1. The minimum atomic E-state index is -0.569.